The van der Waals surface area contributed by atoms with Gasteiger partial charge >= 0.3 is 0 Å². The first-order valence-corrected chi connectivity index (χ1v) is 6.59. The van der Waals surface area contributed by atoms with Crippen LogP contribution in [0.5, 0.6) is 0 Å². The number of nitrogens with zero attached hydrogens (tertiary/aromatic N) is 4. The van der Waals surface area contributed by atoms with Gasteiger partial charge in [0, 0.05) is 29.8 Å². The van der Waals surface area contributed by atoms with Gasteiger partial charge < -0.3 is 5.32 Å². The third-order valence-electron chi connectivity index (χ3n) is 3.16. The normalized spacial score (nSPS) is 20.5. The van der Waals surface area contributed by atoms with Crippen LogP contribution in [0.15, 0.2) is 24.7 Å². The molecule has 6 nitrogen and oxygen atoms in total. The van der Waals surface area contributed by atoms with Crippen molar-refractivity contribution in [3.63, 3.8) is 0 Å². The van der Waals surface area contributed by atoms with Crippen molar-refractivity contribution in [2.75, 3.05) is 5.32 Å². The number of anilines is 1. The first-order chi connectivity index (χ1) is 9.63. The minimum absolute atomic E-state index is 0.0881. The minimum atomic E-state index is -0.106. The lowest BCUT2D eigenvalue weighted by Gasteiger charge is -2.03. The lowest BCUT2D eigenvalue weighted by Crippen LogP contribution is -2.16. The molecule has 1 saturated carbocycles. The van der Waals surface area contributed by atoms with Gasteiger partial charge in [-0.05, 0) is 19.4 Å². The van der Waals surface area contributed by atoms with Crippen LogP contribution in [0.1, 0.15) is 23.9 Å². The SMILES string of the molecule is Cc1ccnc(C2CC2C(=O)Nc2cc(Cl)ncn2)n1. The summed E-state index contributed by atoms with van der Waals surface area (Å²) in [5, 5.41) is 3.02. The molecule has 0 spiro atoms. The Morgan fingerprint density at radius 1 is 1.40 bits per heavy atom. The molecular formula is C13H12ClN5O. The fraction of sp³-hybridized carbons (Fsp3) is 0.308. The molecule has 0 aromatic carbocycles. The van der Waals surface area contributed by atoms with Crippen LogP contribution < -0.4 is 5.32 Å². The van der Waals surface area contributed by atoms with Crippen molar-refractivity contribution in [2.45, 2.75) is 19.3 Å². The highest BCUT2D eigenvalue weighted by molar-refractivity contribution is 6.29. The molecule has 3 rings (SSSR count). The summed E-state index contributed by atoms with van der Waals surface area (Å²) in [6.45, 7) is 1.91. The van der Waals surface area contributed by atoms with Crippen molar-refractivity contribution in [2.24, 2.45) is 5.92 Å². The van der Waals surface area contributed by atoms with Crippen LogP contribution in [0, 0.1) is 12.8 Å². The Labute approximate surface area is 120 Å². The van der Waals surface area contributed by atoms with Crippen LogP contribution in [-0.4, -0.2) is 25.8 Å². The zero-order chi connectivity index (χ0) is 14.1. The summed E-state index contributed by atoms with van der Waals surface area (Å²) in [5.41, 5.74) is 0.906. The summed E-state index contributed by atoms with van der Waals surface area (Å²) in [6.07, 6.45) is 3.79. The van der Waals surface area contributed by atoms with Crippen molar-refractivity contribution < 1.29 is 4.79 Å². The summed E-state index contributed by atoms with van der Waals surface area (Å²) < 4.78 is 0. The van der Waals surface area contributed by atoms with Gasteiger partial charge in [0.1, 0.15) is 23.1 Å². The average Bonchev–Trinajstić information content (AvgIpc) is 3.19. The van der Waals surface area contributed by atoms with Crippen LogP contribution >= 0.6 is 11.6 Å². The van der Waals surface area contributed by atoms with Gasteiger partial charge in [-0.15, -0.1) is 0 Å². The molecule has 102 valence electrons. The van der Waals surface area contributed by atoms with Crippen LogP contribution in [-0.2, 0) is 4.79 Å². The van der Waals surface area contributed by atoms with Crippen LogP contribution in [0.2, 0.25) is 5.15 Å². The quantitative estimate of drug-likeness (QED) is 0.874. The molecule has 2 aromatic rings. The van der Waals surface area contributed by atoms with E-state index in [1.807, 2.05) is 13.0 Å². The molecule has 2 atom stereocenters. The largest absolute Gasteiger partial charge is 0.310 e. The van der Waals surface area contributed by atoms with E-state index in [1.54, 1.807) is 6.20 Å². The number of halogens is 1. The maximum atomic E-state index is 12.1. The fourth-order valence-electron chi connectivity index (χ4n) is 2.04. The molecule has 0 bridgehead atoms. The maximum Gasteiger partial charge on any atom is 0.229 e. The standard InChI is InChI=1S/C13H12ClN5O/c1-7-2-3-15-12(18-7)8-4-9(8)13(20)19-11-5-10(14)16-6-17-11/h2-3,5-6,8-9H,4H2,1H3,(H,16,17,19,20). The van der Waals surface area contributed by atoms with E-state index in [9.17, 15) is 4.79 Å². The van der Waals surface area contributed by atoms with E-state index in [2.05, 4.69) is 25.3 Å². The lowest BCUT2D eigenvalue weighted by molar-refractivity contribution is -0.117. The van der Waals surface area contributed by atoms with Crippen molar-refractivity contribution in [3.8, 4) is 0 Å². The Morgan fingerprint density at radius 2 is 2.25 bits per heavy atom. The Bertz CT molecular complexity index is 663. The third-order valence-corrected chi connectivity index (χ3v) is 3.36. The molecule has 1 fully saturated rings. The molecule has 2 unspecified atom stereocenters. The van der Waals surface area contributed by atoms with Crippen molar-refractivity contribution in [1.29, 1.82) is 0 Å². The number of rotatable bonds is 3. The molecule has 1 aliphatic rings. The Kier molecular flexibility index (Phi) is 3.31. The second kappa shape index (κ2) is 5.13. The molecule has 7 heteroatoms. The summed E-state index contributed by atoms with van der Waals surface area (Å²) in [5.74, 6) is 1.03. The Hall–Kier alpha value is -2.08. The number of carbonyl (C=O) groups is 1. The summed E-state index contributed by atoms with van der Waals surface area (Å²) >= 11 is 5.74. The highest BCUT2D eigenvalue weighted by Gasteiger charge is 2.46. The Balaban J connectivity index is 1.66. The monoisotopic (exact) mass is 289 g/mol. The molecule has 2 aromatic heterocycles. The van der Waals surface area contributed by atoms with Crippen LogP contribution in [0.4, 0.5) is 5.82 Å². The smallest absolute Gasteiger partial charge is 0.229 e. The van der Waals surface area contributed by atoms with E-state index in [0.29, 0.717) is 11.0 Å². The van der Waals surface area contributed by atoms with Gasteiger partial charge in [0.25, 0.3) is 0 Å². The summed E-state index contributed by atoms with van der Waals surface area (Å²) in [4.78, 5) is 28.4. The maximum absolute atomic E-state index is 12.1. The van der Waals surface area contributed by atoms with Gasteiger partial charge in [-0.25, -0.2) is 19.9 Å². The topological polar surface area (TPSA) is 80.7 Å². The van der Waals surface area contributed by atoms with Gasteiger partial charge in [-0.3, -0.25) is 4.79 Å². The minimum Gasteiger partial charge on any atom is -0.310 e. The van der Waals surface area contributed by atoms with Crippen LogP contribution in [0.3, 0.4) is 0 Å². The number of hydrogen-bond donors (Lipinski definition) is 1. The molecule has 20 heavy (non-hydrogen) atoms. The number of amides is 1. The van der Waals surface area contributed by atoms with Crippen molar-refractivity contribution in [1.82, 2.24) is 19.9 Å². The van der Waals surface area contributed by atoms with E-state index < -0.39 is 0 Å². The second-order valence-corrected chi connectivity index (χ2v) is 5.11. The molecule has 0 aliphatic heterocycles. The second-order valence-electron chi connectivity index (χ2n) is 4.72. The summed E-state index contributed by atoms with van der Waals surface area (Å²) in [6, 6.07) is 3.35. The van der Waals surface area contributed by atoms with Gasteiger partial charge in [0.15, 0.2) is 0 Å². The van der Waals surface area contributed by atoms with Gasteiger partial charge in [-0.2, -0.15) is 0 Å². The lowest BCUT2D eigenvalue weighted by atomic mass is 10.2. The zero-order valence-corrected chi connectivity index (χ0v) is 11.5. The molecular weight excluding hydrogens is 278 g/mol. The van der Waals surface area contributed by atoms with Gasteiger partial charge in [-0.1, -0.05) is 11.6 Å². The number of aromatic nitrogens is 4. The van der Waals surface area contributed by atoms with E-state index in [1.165, 1.54) is 12.4 Å². The van der Waals surface area contributed by atoms with E-state index in [0.717, 1.165) is 17.9 Å². The van der Waals surface area contributed by atoms with Gasteiger partial charge in [0.05, 0.1) is 0 Å². The van der Waals surface area contributed by atoms with Gasteiger partial charge in [0.2, 0.25) is 5.91 Å². The number of nitrogens with one attached hydrogen (secondary N) is 1. The predicted octanol–water partition coefficient (Wildman–Crippen LogP) is 1.97. The van der Waals surface area contributed by atoms with E-state index in [-0.39, 0.29) is 17.7 Å². The molecule has 2 heterocycles. The number of hydrogen-bond acceptors (Lipinski definition) is 5. The van der Waals surface area contributed by atoms with E-state index in [4.69, 9.17) is 11.6 Å². The average molecular weight is 290 g/mol. The summed E-state index contributed by atoms with van der Waals surface area (Å²) in [7, 11) is 0. The first-order valence-electron chi connectivity index (χ1n) is 6.21. The first kappa shape index (κ1) is 12.9. The molecule has 1 N–H and O–H groups in total. The highest BCUT2D eigenvalue weighted by atomic mass is 35.5. The Morgan fingerprint density at radius 3 is 3.00 bits per heavy atom. The molecule has 0 radical (unpaired) electrons. The predicted molar refractivity (Wildman–Crippen MR) is 73.3 cm³/mol. The fourth-order valence-corrected chi connectivity index (χ4v) is 2.18. The highest BCUT2D eigenvalue weighted by Crippen LogP contribution is 2.46. The molecule has 1 aliphatic carbocycles. The van der Waals surface area contributed by atoms with Crippen LogP contribution in [0.25, 0.3) is 0 Å². The zero-order valence-electron chi connectivity index (χ0n) is 10.7. The molecule has 0 saturated heterocycles. The van der Waals surface area contributed by atoms with Crippen molar-refractivity contribution >= 4 is 23.3 Å². The van der Waals surface area contributed by atoms with E-state index >= 15 is 0 Å². The molecule has 1 amide bonds. The third kappa shape index (κ3) is 2.75. The number of aryl methyl sites for hydroxylation is 1. The number of carbonyl (C=O) groups excluding carboxylic acids is 1. The van der Waals surface area contributed by atoms with Crippen molar-refractivity contribution in [3.05, 3.63) is 41.3 Å².